The van der Waals surface area contributed by atoms with Gasteiger partial charge in [-0.1, -0.05) is 4.47 Å². The predicted octanol–water partition coefficient (Wildman–Crippen LogP) is 0.805. The molecular formula is C5H2F9NO7S2. The number of carbonyl (C=O) groups is 1. The molecule has 19 heteroatoms. The number of amides is 1. The summed E-state index contributed by atoms with van der Waals surface area (Å²) in [4.78, 5) is 10.3. The van der Waals surface area contributed by atoms with Gasteiger partial charge in [-0.25, -0.2) is 0 Å². The third-order valence-corrected chi connectivity index (χ3v) is 4.45. The lowest BCUT2D eigenvalue weighted by atomic mass is 10.3. The van der Waals surface area contributed by atoms with Crippen molar-refractivity contribution in [1.82, 2.24) is 4.47 Å². The summed E-state index contributed by atoms with van der Waals surface area (Å²) in [6.07, 6.45) is -6.43. The van der Waals surface area contributed by atoms with Gasteiger partial charge in [0.05, 0.1) is 0 Å². The molecule has 8 nitrogen and oxygen atoms in total. The third-order valence-electron chi connectivity index (χ3n) is 2.02. The second kappa shape index (κ2) is 5.59. The molecule has 144 valence electrons. The van der Waals surface area contributed by atoms with E-state index in [4.69, 9.17) is 9.76 Å². The van der Waals surface area contributed by atoms with Gasteiger partial charge < -0.3 is 0 Å². The van der Waals surface area contributed by atoms with Gasteiger partial charge in [0.1, 0.15) is 0 Å². The molecule has 0 aliphatic rings. The topological polar surface area (TPSA) is 129 Å². The molecule has 1 amide bonds. The highest BCUT2D eigenvalue weighted by atomic mass is 32.2. The molecule has 0 radical (unpaired) electrons. The van der Waals surface area contributed by atoms with Crippen molar-refractivity contribution in [1.29, 1.82) is 0 Å². The first-order chi connectivity index (χ1) is 10.1. The normalized spacial score (nSPS) is 15.3. The Kier molecular flexibility index (Phi) is 5.28. The second-order valence-corrected chi connectivity index (χ2v) is 6.91. The summed E-state index contributed by atoms with van der Waals surface area (Å²) < 4.78 is 159. The Hall–Kier alpha value is -1.34. The molecule has 0 saturated carbocycles. The molecule has 0 aromatic heterocycles. The van der Waals surface area contributed by atoms with Crippen molar-refractivity contribution in [2.24, 2.45) is 0 Å². The van der Waals surface area contributed by atoms with Crippen molar-refractivity contribution < 1.29 is 70.9 Å². The van der Waals surface area contributed by atoms with E-state index in [0.29, 0.717) is 0 Å². The van der Waals surface area contributed by atoms with Crippen LogP contribution >= 0.6 is 0 Å². The number of carbonyl (C=O) groups excluding carboxylic acids is 1. The minimum absolute atomic E-state index is 3.01. The lowest BCUT2D eigenvalue weighted by Crippen LogP contribution is -2.63. The monoisotopic (exact) mass is 423 g/mol. The van der Waals surface area contributed by atoms with Crippen molar-refractivity contribution in [2.75, 3.05) is 0 Å². The number of hydrogen-bond donors (Lipinski definition) is 2. The highest BCUT2D eigenvalue weighted by Gasteiger charge is 2.83. The number of hydrogen-bond acceptors (Lipinski definition) is 6. The van der Waals surface area contributed by atoms with Gasteiger partial charge in [-0.05, 0) is 0 Å². The molecule has 2 N–H and O–H groups in total. The molecular weight excluding hydrogens is 421 g/mol. The molecule has 0 atom stereocenters. The van der Waals surface area contributed by atoms with E-state index in [1.165, 1.54) is 0 Å². The van der Waals surface area contributed by atoms with E-state index in [0.717, 1.165) is 0 Å². The Morgan fingerprint density at radius 1 is 0.792 bits per heavy atom. The summed E-state index contributed by atoms with van der Waals surface area (Å²) in [6, 6.07) is 0. The molecule has 0 aliphatic heterocycles. The fourth-order valence-corrected chi connectivity index (χ4v) is 2.33. The smallest absolute Gasteiger partial charge is 0.281 e. The Labute approximate surface area is 125 Å². The first-order valence-electron chi connectivity index (χ1n) is 4.52. The van der Waals surface area contributed by atoms with Crippen LogP contribution in [0.2, 0.25) is 0 Å². The van der Waals surface area contributed by atoms with Gasteiger partial charge in [-0.2, -0.15) is 56.3 Å². The summed E-state index contributed by atoms with van der Waals surface area (Å²) >= 11 is 0. The van der Waals surface area contributed by atoms with E-state index in [1.54, 1.807) is 0 Å². The van der Waals surface area contributed by atoms with Gasteiger partial charge in [-0.15, -0.1) is 0 Å². The minimum atomic E-state index is -7.94. The van der Waals surface area contributed by atoms with Crippen LogP contribution in [-0.2, 0) is 24.9 Å². The fraction of sp³-hybridized carbons (Fsp3) is 0.800. The zero-order chi connectivity index (χ0) is 20.2. The molecule has 0 rings (SSSR count). The largest absolute Gasteiger partial charge is 0.474 e. The van der Waals surface area contributed by atoms with Gasteiger partial charge in [0, 0.05) is 0 Å². The number of alkyl halides is 9. The number of nitrogens with zero attached hydrogens (tertiary/aromatic N) is 1. The van der Waals surface area contributed by atoms with E-state index < -0.39 is 53.1 Å². The molecule has 0 fully saturated rings. The predicted molar refractivity (Wildman–Crippen MR) is 50.0 cm³/mol. The zero-order valence-corrected chi connectivity index (χ0v) is 11.7. The van der Waals surface area contributed by atoms with Crippen molar-refractivity contribution in [3.05, 3.63) is 0 Å². The van der Waals surface area contributed by atoms with Crippen LogP contribution in [0.5, 0.6) is 0 Å². The van der Waals surface area contributed by atoms with Crippen molar-refractivity contribution in [3.63, 3.8) is 0 Å². The summed E-state index contributed by atoms with van der Waals surface area (Å²) in [5.74, 6) is -11.7. The van der Waals surface area contributed by atoms with E-state index in [1.807, 2.05) is 0 Å². The maximum absolute atomic E-state index is 13.1. The average Bonchev–Trinajstić information content (AvgIpc) is 2.33. The van der Waals surface area contributed by atoms with Crippen molar-refractivity contribution in [3.8, 4) is 0 Å². The van der Waals surface area contributed by atoms with Crippen LogP contribution in [0, 0.1) is 0 Å². The lowest BCUT2D eigenvalue weighted by Gasteiger charge is -2.31. The molecule has 0 aromatic carbocycles. The van der Waals surface area contributed by atoms with Gasteiger partial charge in [-0.3, -0.25) is 14.6 Å². The third kappa shape index (κ3) is 3.11. The van der Waals surface area contributed by atoms with Crippen LogP contribution in [0.4, 0.5) is 39.5 Å². The molecule has 0 aromatic rings. The van der Waals surface area contributed by atoms with Crippen LogP contribution in [0.25, 0.3) is 0 Å². The Morgan fingerprint density at radius 3 is 1.38 bits per heavy atom. The van der Waals surface area contributed by atoms with Crippen LogP contribution in [0.15, 0.2) is 0 Å². The first-order valence-corrected chi connectivity index (χ1v) is 7.40. The number of hydroxylamine groups is 1. The Balaban J connectivity index is 6.39. The lowest BCUT2D eigenvalue weighted by molar-refractivity contribution is -0.250. The van der Waals surface area contributed by atoms with E-state index in [-0.39, 0.29) is 0 Å². The van der Waals surface area contributed by atoms with Gasteiger partial charge in [0.15, 0.2) is 0 Å². The molecule has 0 spiro atoms. The maximum Gasteiger partial charge on any atom is 0.474 e. The van der Waals surface area contributed by atoms with E-state index in [9.17, 15) is 61.1 Å². The first kappa shape index (κ1) is 22.7. The molecule has 24 heavy (non-hydrogen) atoms. The van der Waals surface area contributed by atoms with Gasteiger partial charge in [0.2, 0.25) is 0 Å². The van der Waals surface area contributed by atoms with E-state index >= 15 is 0 Å². The zero-order valence-electron chi connectivity index (χ0n) is 10.1. The Bertz CT molecular complexity index is 724. The van der Waals surface area contributed by atoms with E-state index in [2.05, 4.69) is 0 Å². The van der Waals surface area contributed by atoms with Crippen LogP contribution in [0.3, 0.4) is 0 Å². The summed E-state index contributed by atoms with van der Waals surface area (Å²) in [6.45, 7) is 0. The molecule has 0 heterocycles. The molecule has 0 saturated heterocycles. The minimum Gasteiger partial charge on any atom is -0.281 e. The van der Waals surface area contributed by atoms with Crippen LogP contribution in [-0.4, -0.2) is 59.6 Å². The van der Waals surface area contributed by atoms with Gasteiger partial charge >= 0.3 is 48.7 Å². The molecule has 0 aliphatic carbocycles. The van der Waals surface area contributed by atoms with Crippen LogP contribution < -0.4 is 0 Å². The highest BCUT2D eigenvalue weighted by Crippen LogP contribution is 2.51. The number of rotatable bonds is 5. The standard InChI is InChI=1S/C5H2F9NO7S2/c6-2(7,8)1(16)15(17)23(18,19)4(11,12)3(9,10)5(13,14)24(20,21)22/h17H,(H,20,21,22). The summed E-state index contributed by atoms with van der Waals surface area (Å²) in [5.41, 5.74) is 0. The maximum atomic E-state index is 13.1. The quantitative estimate of drug-likeness (QED) is 0.290. The fourth-order valence-electron chi connectivity index (χ4n) is 0.820. The number of halogens is 9. The summed E-state index contributed by atoms with van der Waals surface area (Å²) in [5, 5.41) is -6.47. The SMILES string of the molecule is O=C(N(O)S(=O)(=O)C(F)(F)C(F)(F)C(F)(F)S(=O)(=O)O)C(F)(F)F. The van der Waals surface area contributed by atoms with Crippen molar-refractivity contribution >= 4 is 26.0 Å². The highest BCUT2D eigenvalue weighted by molar-refractivity contribution is 7.90. The van der Waals surface area contributed by atoms with Gasteiger partial charge in [0.25, 0.3) is 0 Å². The second-order valence-electron chi connectivity index (χ2n) is 3.63. The van der Waals surface area contributed by atoms with Crippen molar-refractivity contribution in [2.45, 2.75) is 22.6 Å². The molecule has 0 bridgehead atoms. The molecule has 0 unspecified atom stereocenters. The summed E-state index contributed by atoms with van der Waals surface area (Å²) in [7, 11) is -15.4. The Morgan fingerprint density at radius 2 is 1.12 bits per heavy atom. The van der Waals surface area contributed by atoms with Crippen LogP contribution in [0.1, 0.15) is 0 Å². The number of sulfonamides is 1. The average molecular weight is 423 g/mol.